The van der Waals surface area contributed by atoms with Crippen LogP contribution in [0.15, 0.2) is 6.33 Å². The minimum atomic E-state index is -1.11. The average Bonchev–Trinajstić information content (AvgIpc) is 2.36. The molecule has 0 saturated carbocycles. The van der Waals surface area contributed by atoms with Crippen LogP contribution < -0.4 is 0 Å². The van der Waals surface area contributed by atoms with Crippen molar-refractivity contribution in [1.82, 2.24) is 20.2 Å². The predicted octanol–water partition coefficient (Wildman–Crippen LogP) is -0.814. The van der Waals surface area contributed by atoms with E-state index in [-0.39, 0.29) is 0 Å². The van der Waals surface area contributed by atoms with Crippen LogP contribution in [0, 0.1) is 0 Å². The Balaban J connectivity index is 2.77. The SMILES string of the molecule is O=C(O)C(S)n1ncnn1. The highest BCUT2D eigenvalue weighted by atomic mass is 32.1. The zero-order chi connectivity index (χ0) is 7.56. The number of aromatic nitrogens is 4. The van der Waals surface area contributed by atoms with Crippen LogP contribution in [0.4, 0.5) is 0 Å². The van der Waals surface area contributed by atoms with E-state index >= 15 is 0 Å². The van der Waals surface area contributed by atoms with Crippen LogP contribution in [0.25, 0.3) is 0 Å². The third-order valence-corrected chi connectivity index (χ3v) is 1.23. The fraction of sp³-hybridized carbons (Fsp3) is 0.333. The highest BCUT2D eigenvalue weighted by Gasteiger charge is 2.15. The van der Waals surface area contributed by atoms with E-state index in [1.807, 2.05) is 0 Å². The van der Waals surface area contributed by atoms with Gasteiger partial charge < -0.3 is 5.11 Å². The molecule has 1 heterocycles. The molecule has 0 fully saturated rings. The van der Waals surface area contributed by atoms with Crippen molar-refractivity contribution in [1.29, 1.82) is 0 Å². The molecule has 0 spiro atoms. The van der Waals surface area contributed by atoms with Crippen molar-refractivity contribution in [3.05, 3.63) is 6.33 Å². The summed E-state index contributed by atoms with van der Waals surface area (Å²) >= 11 is 3.68. The second-order valence-corrected chi connectivity index (χ2v) is 1.96. The molecular weight excluding hydrogens is 156 g/mol. The summed E-state index contributed by atoms with van der Waals surface area (Å²) in [6, 6.07) is 0. The van der Waals surface area contributed by atoms with Crippen LogP contribution in [0.2, 0.25) is 0 Å². The van der Waals surface area contributed by atoms with Crippen molar-refractivity contribution in [2.24, 2.45) is 0 Å². The maximum absolute atomic E-state index is 10.2. The second kappa shape index (κ2) is 2.65. The number of aliphatic carboxylic acids is 1. The Hall–Kier alpha value is -1.11. The van der Waals surface area contributed by atoms with Crippen molar-refractivity contribution < 1.29 is 9.90 Å². The number of carboxylic acid groups (broad SMARTS) is 1. The smallest absolute Gasteiger partial charge is 0.340 e. The van der Waals surface area contributed by atoms with E-state index in [1.54, 1.807) is 0 Å². The van der Waals surface area contributed by atoms with E-state index < -0.39 is 11.3 Å². The summed E-state index contributed by atoms with van der Waals surface area (Å²) in [5, 5.41) is 17.4. The predicted molar refractivity (Wildman–Crippen MR) is 33.5 cm³/mol. The Bertz CT molecular complexity index is 222. The number of carboxylic acids is 1. The first-order valence-electron chi connectivity index (χ1n) is 2.35. The lowest BCUT2D eigenvalue weighted by Crippen LogP contribution is -2.15. The molecule has 0 bridgehead atoms. The summed E-state index contributed by atoms with van der Waals surface area (Å²) in [7, 11) is 0. The zero-order valence-electron chi connectivity index (χ0n) is 4.75. The summed E-state index contributed by atoms with van der Waals surface area (Å²) < 4.78 is 0. The van der Waals surface area contributed by atoms with Crippen molar-refractivity contribution in [2.45, 2.75) is 5.37 Å². The third kappa shape index (κ3) is 1.24. The molecule has 0 radical (unpaired) electrons. The number of nitrogens with zero attached hydrogens (tertiary/aromatic N) is 4. The van der Waals surface area contributed by atoms with Crippen LogP contribution in [0.1, 0.15) is 5.37 Å². The molecule has 6 nitrogen and oxygen atoms in total. The normalized spacial score (nSPS) is 12.9. The van der Waals surface area contributed by atoms with Gasteiger partial charge in [0.25, 0.3) is 0 Å². The maximum Gasteiger partial charge on any atom is 0.340 e. The van der Waals surface area contributed by atoms with E-state index in [9.17, 15) is 4.79 Å². The quantitative estimate of drug-likeness (QED) is 0.553. The van der Waals surface area contributed by atoms with Gasteiger partial charge in [-0.25, -0.2) is 4.79 Å². The van der Waals surface area contributed by atoms with Crippen molar-refractivity contribution >= 4 is 18.6 Å². The van der Waals surface area contributed by atoms with Gasteiger partial charge in [-0.15, -0.1) is 27.6 Å². The number of carbonyl (C=O) groups is 1. The van der Waals surface area contributed by atoms with Gasteiger partial charge in [0.1, 0.15) is 0 Å². The molecule has 7 heteroatoms. The summed E-state index contributed by atoms with van der Waals surface area (Å²) in [6.45, 7) is 0. The fourth-order valence-electron chi connectivity index (χ4n) is 0.386. The molecule has 1 N–H and O–H groups in total. The number of hydrogen-bond donors (Lipinski definition) is 2. The molecule has 10 heavy (non-hydrogen) atoms. The van der Waals surface area contributed by atoms with Crippen LogP contribution in [0.3, 0.4) is 0 Å². The maximum atomic E-state index is 10.2. The van der Waals surface area contributed by atoms with Gasteiger partial charge in [-0.05, 0) is 5.21 Å². The van der Waals surface area contributed by atoms with E-state index in [0.29, 0.717) is 0 Å². The van der Waals surface area contributed by atoms with Gasteiger partial charge in [0.15, 0.2) is 6.33 Å². The second-order valence-electron chi connectivity index (χ2n) is 1.47. The minimum absolute atomic E-state index is 0.894. The molecule has 0 saturated heterocycles. The van der Waals surface area contributed by atoms with Crippen LogP contribution >= 0.6 is 12.6 Å². The Morgan fingerprint density at radius 2 is 2.50 bits per heavy atom. The highest BCUT2D eigenvalue weighted by molar-refractivity contribution is 7.81. The molecule has 54 valence electrons. The molecule has 0 aliphatic rings. The van der Waals surface area contributed by atoms with Crippen LogP contribution in [0.5, 0.6) is 0 Å². The first kappa shape index (κ1) is 7.00. The molecule has 1 atom stereocenters. The first-order chi connectivity index (χ1) is 4.72. The van der Waals surface area contributed by atoms with Crippen LogP contribution in [-0.4, -0.2) is 31.3 Å². The molecule has 0 aliphatic heterocycles. The van der Waals surface area contributed by atoms with Gasteiger partial charge in [-0.2, -0.15) is 0 Å². The Kier molecular flexibility index (Phi) is 1.86. The molecule has 1 aromatic heterocycles. The lowest BCUT2D eigenvalue weighted by Gasteiger charge is -1.99. The molecule has 0 aliphatic carbocycles. The Labute approximate surface area is 61.3 Å². The Morgan fingerprint density at radius 1 is 1.80 bits per heavy atom. The largest absolute Gasteiger partial charge is 0.479 e. The standard InChI is InChI=1S/C3H4N4O2S/c8-3(9)2(10)7-5-1-4-6-7/h1-2,10H,(H,8,9). The monoisotopic (exact) mass is 160 g/mol. The first-order valence-corrected chi connectivity index (χ1v) is 2.87. The lowest BCUT2D eigenvalue weighted by atomic mass is 10.7. The number of thiol groups is 1. The van der Waals surface area contributed by atoms with Gasteiger partial charge >= 0.3 is 5.97 Å². The Morgan fingerprint density at radius 3 is 2.90 bits per heavy atom. The van der Waals surface area contributed by atoms with E-state index in [0.717, 1.165) is 11.1 Å². The summed E-state index contributed by atoms with van der Waals surface area (Å²) in [6.07, 6.45) is 1.14. The van der Waals surface area contributed by atoms with Gasteiger partial charge in [-0.3, -0.25) is 0 Å². The molecule has 0 aromatic carbocycles. The number of hydrogen-bond acceptors (Lipinski definition) is 5. The van der Waals surface area contributed by atoms with Gasteiger partial charge in [-0.1, -0.05) is 0 Å². The zero-order valence-corrected chi connectivity index (χ0v) is 5.64. The summed E-state index contributed by atoms with van der Waals surface area (Å²) in [5.74, 6) is -1.11. The van der Waals surface area contributed by atoms with E-state index in [1.165, 1.54) is 0 Å². The molecule has 0 amide bonds. The third-order valence-electron chi connectivity index (χ3n) is 0.804. The van der Waals surface area contributed by atoms with Crippen molar-refractivity contribution in [3.63, 3.8) is 0 Å². The van der Waals surface area contributed by atoms with Crippen molar-refractivity contribution in [3.8, 4) is 0 Å². The summed E-state index contributed by atoms with van der Waals surface area (Å²) in [5.41, 5.74) is 0. The van der Waals surface area contributed by atoms with E-state index in [2.05, 4.69) is 28.0 Å². The molecular formula is C3H4N4O2S. The minimum Gasteiger partial charge on any atom is -0.479 e. The van der Waals surface area contributed by atoms with Gasteiger partial charge in [0.05, 0.1) is 0 Å². The number of tetrazole rings is 1. The molecule has 1 rings (SSSR count). The highest BCUT2D eigenvalue weighted by Crippen LogP contribution is 2.05. The average molecular weight is 160 g/mol. The lowest BCUT2D eigenvalue weighted by molar-refractivity contribution is -0.138. The van der Waals surface area contributed by atoms with E-state index in [4.69, 9.17) is 5.11 Å². The van der Waals surface area contributed by atoms with Gasteiger partial charge in [0.2, 0.25) is 5.37 Å². The van der Waals surface area contributed by atoms with Crippen molar-refractivity contribution in [2.75, 3.05) is 0 Å². The summed E-state index contributed by atoms with van der Waals surface area (Å²) in [4.78, 5) is 11.1. The molecule has 1 aromatic rings. The molecule has 1 unspecified atom stereocenters. The number of rotatable bonds is 2. The fourth-order valence-corrected chi connectivity index (χ4v) is 0.492. The van der Waals surface area contributed by atoms with Crippen LogP contribution in [-0.2, 0) is 4.79 Å². The topological polar surface area (TPSA) is 80.9 Å². The van der Waals surface area contributed by atoms with Gasteiger partial charge in [0, 0.05) is 0 Å².